The van der Waals surface area contributed by atoms with Crippen molar-refractivity contribution in [3.63, 3.8) is 0 Å². The molecule has 3 aromatic rings. The van der Waals surface area contributed by atoms with Gasteiger partial charge >= 0.3 is 0 Å². The number of nitrogens with one attached hydrogen (secondary N) is 1. The first kappa shape index (κ1) is 14.5. The van der Waals surface area contributed by atoms with Gasteiger partial charge in [-0.2, -0.15) is 0 Å². The third-order valence-corrected chi connectivity index (χ3v) is 3.90. The van der Waals surface area contributed by atoms with E-state index >= 15 is 0 Å². The van der Waals surface area contributed by atoms with Crippen LogP contribution in [0.2, 0.25) is 5.02 Å². The molecule has 4 heteroatoms. The van der Waals surface area contributed by atoms with E-state index in [1.54, 1.807) is 24.3 Å². The predicted octanol–water partition coefficient (Wildman–Crippen LogP) is 3.91. The van der Waals surface area contributed by atoms with Crippen molar-refractivity contribution in [1.82, 2.24) is 0 Å². The normalized spacial score (nSPS) is 10.8. The van der Waals surface area contributed by atoms with E-state index in [-0.39, 0.29) is 0 Å². The molecule has 1 N–H and O–H groups in total. The third kappa shape index (κ3) is 2.55. The number of hydrogen-bond donors (Lipinski definition) is 1. The van der Waals surface area contributed by atoms with Crippen LogP contribution < -0.4 is 16.2 Å². The van der Waals surface area contributed by atoms with Crippen LogP contribution in [0.15, 0.2) is 58.1 Å². The van der Waals surface area contributed by atoms with E-state index in [0.717, 1.165) is 17.7 Å². The summed E-state index contributed by atoms with van der Waals surface area (Å²) in [4.78, 5) is 23.8. The third-order valence-electron chi connectivity index (χ3n) is 3.65. The number of benzene rings is 2. The minimum atomic E-state index is -0.480. The van der Waals surface area contributed by atoms with Crippen molar-refractivity contribution >= 4 is 23.0 Å². The average molecular weight is 312 g/mol. The highest BCUT2D eigenvalue weighted by Crippen LogP contribution is 2.27. The second kappa shape index (κ2) is 5.78. The molecule has 0 bridgehead atoms. The van der Waals surface area contributed by atoms with Crippen LogP contribution in [-0.2, 0) is 6.42 Å². The summed E-state index contributed by atoms with van der Waals surface area (Å²) in [6.45, 7) is 2.07. The molecule has 110 valence electrons. The largest absolute Gasteiger partial charge is 0.352 e. The van der Waals surface area contributed by atoms with Crippen LogP contribution in [-0.4, -0.2) is 0 Å². The lowest BCUT2D eigenvalue weighted by molar-refractivity contribution is 1.14. The van der Waals surface area contributed by atoms with E-state index in [1.165, 1.54) is 0 Å². The summed E-state index contributed by atoms with van der Waals surface area (Å²) < 4.78 is 0. The van der Waals surface area contributed by atoms with Crippen LogP contribution in [0.3, 0.4) is 0 Å². The summed E-state index contributed by atoms with van der Waals surface area (Å²) in [5.74, 6) is 0. The van der Waals surface area contributed by atoms with Crippen LogP contribution in [0, 0.1) is 0 Å². The molecular weight excluding hydrogens is 298 g/mol. The van der Waals surface area contributed by atoms with Crippen molar-refractivity contribution in [2.75, 3.05) is 5.32 Å². The van der Waals surface area contributed by atoms with E-state index < -0.39 is 10.9 Å². The monoisotopic (exact) mass is 311 g/mol. The molecule has 0 amide bonds. The van der Waals surface area contributed by atoms with E-state index in [9.17, 15) is 9.59 Å². The zero-order valence-electron chi connectivity index (χ0n) is 12.0. The fourth-order valence-corrected chi connectivity index (χ4v) is 2.54. The topological polar surface area (TPSA) is 46.2 Å². The summed E-state index contributed by atoms with van der Waals surface area (Å²) in [6, 6.07) is 14.7. The fourth-order valence-electron chi connectivity index (χ4n) is 2.42. The van der Waals surface area contributed by atoms with Gasteiger partial charge in [-0.15, -0.1) is 0 Å². The Morgan fingerprint density at radius 2 is 1.73 bits per heavy atom. The van der Waals surface area contributed by atoms with Crippen molar-refractivity contribution < 1.29 is 0 Å². The fraction of sp³-hybridized carbons (Fsp3) is 0.111. The van der Waals surface area contributed by atoms with E-state index in [0.29, 0.717) is 21.8 Å². The van der Waals surface area contributed by atoms with Gasteiger partial charge < -0.3 is 5.32 Å². The van der Waals surface area contributed by atoms with E-state index in [2.05, 4.69) is 12.2 Å². The second-order valence-corrected chi connectivity index (χ2v) is 5.53. The SMILES string of the molecule is CCc1cccc(Nc2c(-c3ccc(Cl)cc3)c(=O)c2=O)c1. The minimum absolute atomic E-state index is 0.348. The van der Waals surface area contributed by atoms with Gasteiger partial charge in [-0.25, -0.2) is 0 Å². The molecule has 0 aliphatic carbocycles. The Kier molecular flexibility index (Phi) is 3.82. The smallest absolute Gasteiger partial charge is 0.250 e. The van der Waals surface area contributed by atoms with Crippen LogP contribution in [0.1, 0.15) is 12.5 Å². The molecule has 0 radical (unpaired) electrons. The summed E-state index contributed by atoms with van der Waals surface area (Å²) in [5.41, 5.74) is 2.49. The molecular formula is C18H14ClNO2. The molecule has 0 saturated carbocycles. The van der Waals surface area contributed by atoms with Gasteiger partial charge in [-0.05, 0) is 41.8 Å². The maximum Gasteiger partial charge on any atom is 0.250 e. The molecule has 22 heavy (non-hydrogen) atoms. The maximum atomic E-state index is 11.9. The molecule has 0 heterocycles. The molecule has 0 fully saturated rings. The van der Waals surface area contributed by atoms with Gasteiger partial charge in [0.1, 0.15) is 5.69 Å². The lowest BCUT2D eigenvalue weighted by atomic mass is 9.98. The van der Waals surface area contributed by atoms with Crippen molar-refractivity contribution in [2.45, 2.75) is 13.3 Å². The summed E-state index contributed by atoms with van der Waals surface area (Å²) in [5, 5.41) is 3.66. The van der Waals surface area contributed by atoms with Crippen LogP contribution in [0.4, 0.5) is 11.4 Å². The second-order valence-electron chi connectivity index (χ2n) is 5.09. The zero-order valence-corrected chi connectivity index (χ0v) is 12.8. The molecule has 0 aromatic heterocycles. The molecule has 3 nitrogen and oxygen atoms in total. The first-order valence-electron chi connectivity index (χ1n) is 7.05. The van der Waals surface area contributed by atoms with Crippen LogP contribution >= 0.6 is 11.6 Å². The standard InChI is InChI=1S/C18H14ClNO2/c1-2-11-4-3-5-14(10-11)20-16-15(17(21)18(16)22)12-6-8-13(19)9-7-12/h3-10,20H,2H2,1H3. The quantitative estimate of drug-likeness (QED) is 0.743. The Bertz CT molecular complexity index is 890. The molecule has 0 unspecified atom stereocenters. The van der Waals surface area contributed by atoms with E-state index in [4.69, 9.17) is 11.6 Å². The van der Waals surface area contributed by atoms with Gasteiger partial charge in [-0.1, -0.05) is 42.8 Å². The van der Waals surface area contributed by atoms with Gasteiger partial charge in [0.15, 0.2) is 0 Å². The Morgan fingerprint density at radius 3 is 2.41 bits per heavy atom. The molecule has 0 aliphatic rings. The molecule has 0 spiro atoms. The predicted molar refractivity (Wildman–Crippen MR) is 90.9 cm³/mol. The first-order chi connectivity index (χ1) is 10.6. The number of rotatable bonds is 4. The molecule has 3 rings (SSSR count). The first-order valence-corrected chi connectivity index (χ1v) is 7.43. The molecule has 3 aromatic carbocycles. The van der Waals surface area contributed by atoms with Gasteiger partial charge in [0.2, 0.25) is 5.43 Å². The molecule has 0 saturated heterocycles. The molecule has 0 atom stereocenters. The lowest BCUT2D eigenvalue weighted by Gasteiger charge is -2.14. The Morgan fingerprint density at radius 1 is 1.00 bits per heavy atom. The summed E-state index contributed by atoms with van der Waals surface area (Å²) >= 11 is 5.86. The summed E-state index contributed by atoms with van der Waals surface area (Å²) in [6.07, 6.45) is 0.908. The Hall–Kier alpha value is -2.39. The highest BCUT2D eigenvalue weighted by Gasteiger charge is 2.22. The van der Waals surface area contributed by atoms with Gasteiger partial charge in [0.25, 0.3) is 5.43 Å². The highest BCUT2D eigenvalue weighted by molar-refractivity contribution is 6.30. The number of aryl methyl sites for hydroxylation is 1. The zero-order chi connectivity index (χ0) is 15.7. The summed E-state index contributed by atoms with van der Waals surface area (Å²) in [7, 11) is 0. The van der Waals surface area contributed by atoms with Crippen molar-refractivity contribution in [1.29, 1.82) is 0 Å². The average Bonchev–Trinajstić information content (AvgIpc) is 2.56. The van der Waals surface area contributed by atoms with Crippen molar-refractivity contribution in [3.8, 4) is 11.1 Å². The number of hydrogen-bond acceptors (Lipinski definition) is 3. The van der Waals surface area contributed by atoms with Gasteiger partial charge in [0.05, 0.1) is 5.56 Å². The lowest BCUT2D eigenvalue weighted by Crippen LogP contribution is -2.35. The maximum absolute atomic E-state index is 11.9. The van der Waals surface area contributed by atoms with Crippen LogP contribution in [0.25, 0.3) is 11.1 Å². The van der Waals surface area contributed by atoms with E-state index in [1.807, 2.05) is 24.3 Å². The van der Waals surface area contributed by atoms with Crippen LogP contribution in [0.5, 0.6) is 0 Å². The number of anilines is 2. The van der Waals surface area contributed by atoms with Gasteiger partial charge in [0, 0.05) is 10.7 Å². The highest BCUT2D eigenvalue weighted by atomic mass is 35.5. The minimum Gasteiger partial charge on any atom is -0.352 e. The van der Waals surface area contributed by atoms with Gasteiger partial charge in [-0.3, -0.25) is 9.59 Å². The number of halogens is 1. The Balaban J connectivity index is 1.98. The Labute approximate surface area is 132 Å². The molecule has 0 aliphatic heterocycles. The van der Waals surface area contributed by atoms with Crippen molar-refractivity contribution in [3.05, 3.63) is 79.6 Å². The van der Waals surface area contributed by atoms with Crippen molar-refractivity contribution in [2.24, 2.45) is 0 Å².